The van der Waals surface area contributed by atoms with Crippen LogP contribution in [0.5, 0.6) is 0 Å². The van der Waals surface area contributed by atoms with Gasteiger partial charge in [-0.1, -0.05) is 15.9 Å². The maximum absolute atomic E-state index is 12.6. The van der Waals surface area contributed by atoms with Gasteiger partial charge in [-0.2, -0.15) is 0 Å². The van der Waals surface area contributed by atoms with Crippen LogP contribution in [0.3, 0.4) is 0 Å². The van der Waals surface area contributed by atoms with Gasteiger partial charge in [-0.15, -0.1) is 0 Å². The summed E-state index contributed by atoms with van der Waals surface area (Å²) >= 11 is 3.46. The van der Waals surface area contributed by atoms with Crippen molar-refractivity contribution in [1.29, 1.82) is 0 Å². The lowest BCUT2D eigenvalue weighted by atomic mass is 9.89. The molecule has 1 aromatic carbocycles. The Labute approximate surface area is 127 Å². The summed E-state index contributed by atoms with van der Waals surface area (Å²) in [4.78, 5) is 25.8. The number of primary amides is 1. The Balaban J connectivity index is 2.26. The Morgan fingerprint density at radius 3 is 2.50 bits per heavy atom. The summed E-state index contributed by atoms with van der Waals surface area (Å²) < 4.78 is 0.995. The molecule has 2 amide bonds. The molecule has 1 unspecified atom stereocenters. The monoisotopic (exact) mass is 338 g/mol. The Morgan fingerprint density at radius 2 is 1.95 bits per heavy atom. The predicted octanol–water partition coefficient (Wildman–Crippen LogP) is 2.40. The van der Waals surface area contributed by atoms with Crippen LogP contribution in [-0.2, 0) is 4.79 Å². The van der Waals surface area contributed by atoms with Crippen LogP contribution in [-0.4, -0.2) is 29.8 Å². The van der Waals surface area contributed by atoms with Crippen LogP contribution in [0.2, 0.25) is 0 Å². The second-order valence-electron chi connectivity index (χ2n) is 5.82. The second-order valence-corrected chi connectivity index (χ2v) is 6.67. The lowest BCUT2D eigenvalue weighted by molar-refractivity contribution is -0.126. The summed E-state index contributed by atoms with van der Waals surface area (Å²) in [5, 5.41) is 0. The first-order valence-electron chi connectivity index (χ1n) is 6.60. The fourth-order valence-electron chi connectivity index (χ4n) is 2.52. The van der Waals surface area contributed by atoms with Crippen molar-refractivity contribution in [3.05, 3.63) is 33.3 Å². The van der Waals surface area contributed by atoms with E-state index in [4.69, 9.17) is 5.73 Å². The number of aryl methyl sites for hydroxylation is 2. The Bertz CT molecular complexity index is 585. The van der Waals surface area contributed by atoms with E-state index in [2.05, 4.69) is 15.9 Å². The number of likely N-dealkylation sites (tertiary alicyclic amines) is 1. The van der Waals surface area contributed by atoms with E-state index in [9.17, 15) is 9.59 Å². The maximum atomic E-state index is 12.6. The number of nitrogens with two attached hydrogens (primary N) is 1. The van der Waals surface area contributed by atoms with Crippen molar-refractivity contribution in [3.8, 4) is 0 Å². The fraction of sp³-hybridized carbons (Fsp3) is 0.467. The van der Waals surface area contributed by atoms with Gasteiger partial charge in [0.05, 0.1) is 5.41 Å². The second kappa shape index (κ2) is 5.20. The van der Waals surface area contributed by atoms with E-state index in [0.717, 1.165) is 15.6 Å². The van der Waals surface area contributed by atoms with Gasteiger partial charge in [-0.3, -0.25) is 9.59 Å². The van der Waals surface area contributed by atoms with Gasteiger partial charge in [-0.25, -0.2) is 0 Å². The highest BCUT2D eigenvalue weighted by Crippen LogP contribution is 2.31. The highest BCUT2D eigenvalue weighted by Gasteiger charge is 2.41. The first-order chi connectivity index (χ1) is 9.24. The number of nitrogens with zero attached hydrogens (tertiary/aromatic N) is 1. The number of carbonyl (C=O) groups excluding carboxylic acids is 2. The molecule has 20 heavy (non-hydrogen) atoms. The van der Waals surface area contributed by atoms with Gasteiger partial charge < -0.3 is 10.6 Å². The molecule has 4 nitrogen and oxygen atoms in total. The van der Waals surface area contributed by atoms with Gasteiger partial charge in [-0.05, 0) is 50.5 Å². The van der Waals surface area contributed by atoms with Crippen LogP contribution in [0.1, 0.15) is 34.8 Å². The molecule has 5 heteroatoms. The van der Waals surface area contributed by atoms with E-state index in [1.807, 2.05) is 32.9 Å². The van der Waals surface area contributed by atoms with Crippen molar-refractivity contribution in [3.63, 3.8) is 0 Å². The summed E-state index contributed by atoms with van der Waals surface area (Å²) in [6.07, 6.45) is 0.628. The van der Waals surface area contributed by atoms with E-state index >= 15 is 0 Å². The van der Waals surface area contributed by atoms with E-state index in [1.165, 1.54) is 0 Å². The highest BCUT2D eigenvalue weighted by molar-refractivity contribution is 9.10. The Kier molecular flexibility index (Phi) is 3.91. The molecule has 2 rings (SSSR count). The van der Waals surface area contributed by atoms with Crippen LogP contribution >= 0.6 is 15.9 Å². The van der Waals surface area contributed by atoms with Crippen LogP contribution in [0.25, 0.3) is 0 Å². The molecule has 0 bridgehead atoms. The average Bonchev–Trinajstić information content (AvgIpc) is 2.77. The molecular weight excluding hydrogens is 320 g/mol. The van der Waals surface area contributed by atoms with Crippen molar-refractivity contribution >= 4 is 27.7 Å². The molecule has 108 valence electrons. The molecule has 0 aliphatic carbocycles. The summed E-state index contributed by atoms with van der Waals surface area (Å²) in [5.74, 6) is -0.361. The number of halogens is 1. The number of amides is 2. The molecule has 1 fully saturated rings. The molecule has 1 heterocycles. The van der Waals surface area contributed by atoms with Crippen molar-refractivity contribution in [1.82, 2.24) is 4.90 Å². The molecule has 0 aromatic heterocycles. The van der Waals surface area contributed by atoms with Crippen molar-refractivity contribution < 1.29 is 9.59 Å². The minimum atomic E-state index is -0.603. The van der Waals surface area contributed by atoms with E-state index in [1.54, 1.807) is 4.90 Å². The lowest BCUT2D eigenvalue weighted by Crippen LogP contribution is -2.38. The molecule has 2 N–H and O–H groups in total. The van der Waals surface area contributed by atoms with Gasteiger partial charge in [0.1, 0.15) is 0 Å². The topological polar surface area (TPSA) is 63.4 Å². The quantitative estimate of drug-likeness (QED) is 0.899. The lowest BCUT2D eigenvalue weighted by Gasteiger charge is -2.22. The highest BCUT2D eigenvalue weighted by atomic mass is 79.9. The molecule has 1 atom stereocenters. The van der Waals surface area contributed by atoms with E-state index < -0.39 is 5.41 Å². The van der Waals surface area contributed by atoms with Crippen LogP contribution in [0.4, 0.5) is 0 Å². The molecule has 0 radical (unpaired) electrons. The SMILES string of the molecule is Cc1cc(C(=O)N2CCC(C)(C(N)=O)C2)c(C)cc1Br. The van der Waals surface area contributed by atoms with Gasteiger partial charge >= 0.3 is 0 Å². The molecule has 0 spiro atoms. The minimum absolute atomic E-state index is 0.0249. The molecule has 0 saturated carbocycles. The maximum Gasteiger partial charge on any atom is 0.254 e. The third kappa shape index (κ3) is 2.59. The summed E-state index contributed by atoms with van der Waals surface area (Å²) in [7, 11) is 0. The molecular formula is C15H19BrN2O2. The van der Waals surface area contributed by atoms with Crippen molar-refractivity contribution in [2.75, 3.05) is 13.1 Å². The minimum Gasteiger partial charge on any atom is -0.369 e. The zero-order valence-electron chi connectivity index (χ0n) is 12.0. The van der Waals surface area contributed by atoms with Crippen molar-refractivity contribution in [2.24, 2.45) is 11.1 Å². The average molecular weight is 339 g/mol. The summed E-state index contributed by atoms with van der Waals surface area (Å²) in [6.45, 7) is 6.67. The Morgan fingerprint density at radius 1 is 1.30 bits per heavy atom. The summed E-state index contributed by atoms with van der Waals surface area (Å²) in [5.41, 5.74) is 7.47. The fourth-order valence-corrected chi connectivity index (χ4v) is 2.98. The summed E-state index contributed by atoms with van der Waals surface area (Å²) in [6, 6.07) is 3.84. The van der Waals surface area contributed by atoms with Crippen LogP contribution in [0, 0.1) is 19.3 Å². The van der Waals surface area contributed by atoms with E-state index in [0.29, 0.717) is 25.1 Å². The molecule has 1 aromatic rings. The number of hydrogen-bond acceptors (Lipinski definition) is 2. The van der Waals surface area contributed by atoms with E-state index in [-0.39, 0.29) is 11.8 Å². The van der Waals surface area contributed by atoms with Crippen LogP contribution < -0.4 is 5.73 Å². The Hall–Kier alpha value is -1.36. The van der Waals surface area contributed by atoms with Gasteiger partial charge in [0.25, 0.3) is 5.91 Å². The van der Waals surface area contributed by atoms with Gasteiger partial charge in [0.15, 0.2) is 0 Å². The standard InChI is InChI=1S/C15H19BrN2O2/c1-9-7-12(16)10(2)6-11(9)13(19)18-5-4-15(3,8-18)14(17)20/h6-7H,4-5,8H2,1-3H3,(H2,17,20). The zero-order valence-corrected chi connectivity index (χ0v) is 13.6. The smallest absolute Gasteiger partial charge is 0.254 e. The molecule has 1 saturated heterocycles. The number of rotatable bonds is 2. The first-order valence-corrected chi connectivity index (χ1v) is 7.40. The molecule has 1 aliphatic heterocycles. The first kappa shape index (κ1) is 15.0. The van der Waals surface area contributed by atoms with Crippen molar-refractivity contribution in [2.45, 2.75) is 27.2 Å². The third-order valence-corrected chi connectivity index (χ3v) is 4.95. The predicted molar refractivity (Wildman–Crippen MR) is 81.4 cm³/mol. The number of carbonyl (C=O) groups is 2. The van der Waals surface area contributed by atoms with Crippen LogP contribution in [0.15, 0.2) is 16.6 Å². The largest absolute Gasteiger partial charge is 0.369 e. The normalized spacial score (nSPS) is 22.1. The third-order valence-electron chi connectivity index (χ3n) is 4.09. The molecule has 1 aliphatic rings. The van der Waals surface area contributed by atoms with Gasteiger partial charge in [0, 0.05) is 23.1 Å². The number of hydrogen-bond donors (Lipinski definition) is 1. The zero-order chi connectivity index (χ0) is 15.1. The number of benzene rings is 1. The van der Waals surface area contributed by atoms with Gasteiger partial charge in [0.2, 0.25) is 5.91 Å².